The van der Waals surface area contributed by atoms with Crippen molar-refractivity contribution in [2.75, 3.05) is 25.2 Å². The van der Waals surface area contributed by atoms with Gasteiger partial charge < -0.3 is 21.9 Å². The van der Waals surface area contributed by atoms with E-state index < -0.39 is 7.26 Å². The molecule has 7 heteroatoms. The van der Waals surface area contributed by atoms with Gasteiger partial charge in [0.2, 0.25) is 5.95 Å². The lowest BCUT2D eigenvalue weighted by Gasteiger charge is -2.27. The summed E-state index contributed by atoms with van der Waals surface area (Å²) in [5.41, 5.74) is 0. The molecule has 4 aromatic rings. The largest absolute Gasteiger partial charge is 1.00 e. The van der Waals surface area contributed by atoms with Crippen LogP contribution in [0.2, 0.25) is 0 Å². The van der Waals surface area contributed by atoms with Crippen LogP contribution in [0.15, 0.2) is 97.3 Å². The van der Waals surface area contributed by atoms with E-state index in [-0.39, 0.29) is 22.8 Å². The number of benzene rings is 3. The molecule has 0 bridgehead atoms. The van der Waals surface area contributed by atoms with Gasteiger partial charge in [-0.2, -0.15) is 4.98 Å². The van der Waals surface area contributed by atoms with Crippen LogP contribution >= 0.6 is 7.26 Å². The number of anilines is 1. The minimum Gasteiger partial charge on any atom is -1.00 e. The second-order valence-corrected chi connectivity index (χ2v) is 11.9. The van der Waals surface area contributed by atoms with Crippen LogP contribution in [0.1, 0.15) is 18.7 Å². The summed E-state index contributed by atoms with van der Waals surface area (Å²) in [6.07, 6.45) is 3.91. The molecule has 0 saturated carbocycles. The predicted octanol–water partition coefficient (Wildman–Crippen LogP) is 0.828. The molecule has 0 spiro atoms. The molecule has 4 rings (SSSR count). The van der Waals surface area contributed by atoms with Gasteiger partial charge in [0.15, 0.2) is 5.78 Å². The molecule has 0 N–H and O–H groups in total. The number of aryl methyl sites for hydroxylation is 1. The highest BCUT2D eigenvalue weighted by Crippen LogP contribution is 2.55. The van der Waals surface area contributed by atoms with Crippen molar-refractivity contribution in [3.05, 3.63) is 103 Å². The van der Waals surface area contributed by atoms with Crippen molar-refractivity contribution in [3.63, 3.8) is 0 Å². The fourth-order valence-electron chi connectivity index (χ4n) is 4.21. The topological polar surface area (TPSA) is 59.0 Å². The second kappa shape index (κ2) is 12.7. The minimum absolute atomic E-state index is 0. The molecule has 5 nitrogen and oxygen atoms in total. The Kier molecular flexibility index (Phi) is 9.64. The molecule has 1 aromatic heterocycles. The van der Waals surface area contributed by atoms with Crippen molar-refractivity contribution in [2.45, 2.75) is 19.3 Å². The molecular formula is C28H30BrN4OP. The number of hydrogen-bond donors (Lipinski definition) is 0. The van der Waals surface area contributed by atoms with Gasteiger partial charge in [0.1, 0.15) is 41.5 Å². The molecule has 0 saturated heterocycles. The van der Waals surface area contributed by atoms with Crippen LogP contribution < -0.4 is 37.8 Å². The van der Waals surface area contributed by atoms with Crippen molar-refractivity contribution in [1.29, 1.82) is 0 Å². The van der Waals surface area contributed by atoms with E-state index in [0.717, 1.165) is 5.82 Å². The summed E-state index contributed by atoms with van der Waals surface area (Å²) in [6.45, 7) is 0. The Morgan fingerprint density at radius 3 is 1.71 bits per heavy atom. The Morgan fingerprint density at radius 1 is 0.771 bits per heavy atom. The van der Waals surface area contributed by atoms with E-state index in [4.69, 9.17) is 0 Å². The Hall–Kier alpha value is -2.95. The maximum absolute atomic E-state index is 13.5. The maximum atomic E-state index is 13.5. The van der Waals surface area contributed by atoms with Crippen molar-refractivity contribution >= 4 is 34.9 Å². The number of nitrogens with zero attached hydrogens (tertiary/aromatic N) is 4. The smallest absolute Gasteiger partial charge is 0.228 e. The summed E-state index contributed by atoms with van der Waals surface area (Å²) in [7, 11) is 1.67. The third-order valence-corrected chi connectivity index (χ3v) is 10.2. The van der Waals surface area contributed by atoms with Gasteiger partial charge in [-0.15, -0.1) is 0 Å². The highest BCUT2D eigenvalue weighted by atomic mass is 79.9. The van der Waals surface area contributed by atoms with Gasteiger partial charge >= 0.3 is 0 Å². The number of halogens is 1. The van der Waals surface area contributed by atoms with Crippen molar-refractivity contribution in [3.8, 4) is 0 Å². The first-order chi connectivity index (χ1) is 16.6. The van der Waals surface area contributed by atoms with Gasteiger partial charge in [0, 0.05) is 26.9 Å². The van der Waals surface area contributed by atoms with Crippen molar-refractivity contribution in [1.82, 2.24) is 15.0 Å². The molecule has 1 heterocycles. The number of aromatic nitrogens is 3. The summed E-state index contributed by atoms with van der Waals surface area (Å²) < 4.78 is 0. The van der Waals surface area contributed by atoms with Gasteiger partial charge in [-0.3, -0.25) is 4.79 Å². The van der Waals surface area contributed by atoms with E-state index in [0.29, 0.717) is 31.4 Å². The first kappa shape index (κ1) is 26.7. The van der Waals surface area contributed by atoms with Gasteiger partial charge in [-0.25, -0.2) is 9.97 Å². The molecule has 3 aromatic carbocycles. The third kappa shape index (κ3) is 6.39. The summed E-state index contributed by atoms with van der Waals surface area (Å²) in [4.78, 5) is 28.3. The fourth-order valence-corrected chi connectivity index (χ4v) is 8.38. The van der Waals surface area contributed by atoms with E-state index in [9.17, 15) is 4.79 Å². The summed E-state index contributed by atoms with van der Waals surface area (Å²) in [5, 5.41) is 3.69. The molecule has 0 fully saturated rings. The predicted molar refractivity (Wildman–Crippen MR) is 142 cm³/mol. The number of hydrogen-bond acceptors (Lipinski definition) is 5. The lowest BCUT2D eigenvalue weighted by molar-refractivity contribution is -0.116. The Balaban J connectivity index is 0.00000342. The van der Waals surface area contributed by atoms with E-state index in [2.05, 4.69) is 87.7 Å². The Labute approximate surface area is 218 Å². The van der Waals surface area contributed by atoms with Gasteiger partial charge in [-0.05, 0) is 42.8 Å². The van der Waals surface area contributed by atoms with Crippen molar-refractivity contribution in [2.24, 2.45) is 0 Å². The average molecular weight is 549 g/mol. The minimum atomic E-state index is -2.14. The van der Waals surface area contributed by atoms with Gasteiger partial charge in [0.25, 0.3) is 0 Å². The number of carbonyl (C=O) groups excluding carboxylic acids is 1. The van der Waals surface area contributed by atoms with E-state index in [1.54, 1.807) is 0 Å². The summed E-state index contributed by atoms with van der Waals surface area (Å²) >= 11 is 0. The zero-order valence-electron chi connectivity index (χ0n) is 20.1. The molecule has 35 heavy (non-hydrogen) atoms. The van der Waals surface area contributed by atoms with Crippen LogP contribution in [-0.4, -0.2) is 41.0 Å². The van der Waals surface area contributed by atoms with E-state index >= 15 is 0 Å². The van der Waals surface area contributed by atoms with Crippen LogP contribution in [0.25, 0.3) is 0 Å². The summed E-state index contributed by atoms with van der Waals surface area (Å²) in [6, 6.07) is 31.6. The van der Waals surface area contributed by atoms with Crippen LogP contribution in [-0.2, 0) is 11.2 Å². The number of Topliss-reactive ketones (excluding diaryl/α,β-unsaturated/α-hetero) is 1. The SMILES string of the molecule is CN(C)c1ncnc(CCCC(=O)C[P+](c2ccccc2)(c2ccccc2)c2ccccc2)n1.[Br-]. The molecule has 180 valence electrons. The maximum Gasteiger partial charge on any atom is 0.228 e. The molecule has 0 amide bonds. The van der Waals surface area contributed by atoms with Gasteiger partial charge in [-0.1, -0.05) is 54.6 Å². The molecule has 0 aliphatic rings. The third-order valence-electron chi connectivity index (χ3n) is 5.87. The number of rotatable bonds is 10. The molecule has 0 aliphatic heterocycles. The first-order valence-electron chi connectivity index (χ1n) is 11.5. The monoisotopic (exact) mass is 548 g/mol. The molecule has 0 atom stereocenters. The molecule has 0 radical (unpaired) electrons. The van der Waals surface area contributed by atoms with Crippen molar-refractivity contribution < 1.29 is 21.8 Å². The normalized spacial score (nSPS) is 10.9. The fraction of sp³-hybridized carbons (Fsp3) is 0.214. The van der Waals surface area contributed by atoms with Crippen LogP contribution in [0.4, 0.5) is 5.95 Å². The Bertz CT molecular complexity index is 1110. The van der Waals surface area contributed by atoms with Crippen LogP contribution in [0.5, 0.6) is 0 Å². The van der Waals surface area contributed by atoms with Crippen LogP contribution in [0.3, 0.4) is 0 Å². The van der Waals surface area contributed by atoms with E-state index in [1.165, 1.54) is 22.2 Å². The first-order valence-corrected chi connectivity index (χ1v) is 13.5. The second-order valence-electron chi connectivity index (χ2n) is 8.46. The quantitative estimate of drug-likeness (QED) is 0.275. The molecular weight excluding hydrogens is 519 g/mol. The zero-order chi connectivity index (χ0) is 23.8. The highest BCUT2D eigenvalue weighted by Gasteiger charge is 2.46. The van der Waals surface area contributed by atoms with E-state index in [1.807, 2.05) is 37.2 Å². The van der Waals surface area contributed by atoms with Gasteiger partial charge in [0.05, 0.1) is 0 Å². The standard InChI is InChI=1S/C28H30N4OP.BrH/c1-32(2)28-30-22-29-27(31-28)20-12-13-23(33)21-34(24-14-6-3-7-15-24,25-16-8-4-9-17-25)26-18-10-5-11-19-26;/h3-11,14-19,22H,12-13,20-21H2,1-2H3;1H/q+1;/p-1. The summed E-state index contributed by atoms with van der Waals surface area (Å²) in [5.74, 6) is 1.63. The zero-order valence-corrected chi connectivity index (χ0v) is 22.6. The lowest BCUT2D eigenvalue weighted by atomic mass is 10.2. The Morgan fingerprint density at radius 2 is 1.26 bits per heavy atom. The lowest BCUT2D eigenvalue weighted by Crippen LogP contribution is -3.00. The molecule has 0 unspecified atom stereocenters. The van der Waals surface area contributed by atoms with Crippen LogP contribution in [0, 0.1) is 0 Å². The number of ketones is 1. The average Bonchev–Trinajstić information content (AvgIpc) is 2.89. The number of carbonyl (C=O) groups is 1. The highest BCUT2D eigenvalue weighted by molar-refractivity contribution is 7.96. The molecule has 0 aliphatic carbocycles.